The summed E-state index contributed by atoms with van der Waals surface area (Å²) in [6, 6.07) is 2.92. The van der Waals surface area contributed by atoms with Gasteiger partial charge in [0, 0.05) is 48.8 Å². The molecular weight excluding hydrogens is 542 g/mol. The number of carbonyl (C=O) groups is 1. The third-order valence-electron chi connectivity index (χ3n) is 6.28. The number of pyridine rings is 2. The van der Waals surface area contributed by atoms with E-state index in [9.17, 15) is 23.5 Å². The summed E-state index contributed by atoms with van der Waals surface area (Å²) in [4.78, 5) is 31.7. The summed E-state index contributed by atoms with van der Waals surface area (Å²) >= 11 is 1.06. The molecule has 2 aromatic heterocycles. The van der Waals surface area contributed by atoms with Gasteiger partial charge >= 0.3 is 0 Å². The van der Waals surface area contributed by atoms with E-state index >= 15 is 0 Å². The van der Waals surface area contributed by atoms with Gasteiger partial charge < -0.3 is 31.5 Å². The monoisotopic (exact) mass is 572 g/mol. The first-order valence-electron chi connectivity index (χ1n) is 12.4. The number of halogens is 2. The maximum absolute atomic E-state index is 13.9. The Hall–Kier alpha value is -3.70. The van der Waals surface area contributed by atoms with E-state index in [2.05, 4.69) is 22.1 Å². The van der Waals surface area contributed by atoms with Crippen molar-refractivity contribution in [3.05, 3.63) is 75.7 Å². The number of aliphatic hydroxyl groups excluding tert-OH is 1. The van der Waals surface area contributed by atoms with Crippen LogP contribution in [0.4, 0.5) is 8.78 Å². The number of likely N-dealkylation sites (N-methyl/N-ethyl adjacent to an activating group) is 1. The normalized spacial score (nSPS) is 18.3. The minimum atomic E-state index is -2.73. The number of nitrogens with zero attached hydrogens (tertiary/aromatic N) is 3. The number of amides is 1. The lowest BCUT2D eigenvalue weighted by molar-refractivity contribution is 0.0780. The summed E-state index contributed by atoms with van der Waals surface area (Å²) < 4.78 is 34.4. The van der Waals surface area contributed by atoms with Crippen LogP contribution in [0.15, 0.2) is 53.4 Å². The van der Waals surface area contributed by atoms with Crippen molar-refractivity contribution in [2.24, 2.45) is 17.4 Å². The number of hydrogen-bond donors (Lipinski definition) is 4. The first-order chi connectivity index (χ1) is 19.1. The molecule has 2 aliphatic rings. The van der Waals surface area contributed by atoms with Crippen molar-refractivity contribution in [1.29, 1.82) is 0 Å². The van der Waals surface area contributed by atoms with Crippen molar-refractivity contribution >= 4 is 23.2 Å². The molecule has 0 bridgehead atoms. The number of allylic oxidation sites excluding steroid dienone is 1. The Balaban J connectivity index is 1.73. The quantitative estimate of drug-likeness (QED) is 0.260. The molecule has 0 saturated heterocycles. The lowest BCUT2D eigenvalue weighted by atomic mass is 9.95. The second-order valence-corrected chi connectivity index (χ2v) is 10.6. The summed E-state index contributed by atoms with van der Waals surface area (Å²) in [5.41, 5.74) is 11.6. The van der Waals surface area contributed by atoms with Crippen molar-refractivity contribution in [2.45, 2.75) is 42.8 Å². The van der Waals surface area contributed by atoms with E-state index in [1.54, 1.807) is 0 Å². The fourth-order valence-electron chi connectivity index (χ4n) is 3.99. The van der Waals surface area contributed by atoms with E-state index in [4.69, 9.17) is 16.2 Å². The third kappa shape index (κ3) is 6.89. The highest BCUT2D eigenvalue weighted by Gasteiger charge is 2.30. The van der Waals surface area contributed by atoms with Crippen molar-refractivity contribution in [1.82, 2.24) is 19.8 Å². The van der Waals surface area contributed by atoms with Crippen molar-refractivity contribution in [3.8, 4) is 17.7 Å². The van der Waals surface area contributed by atoms with Crippen LogP contribution in [0, 0.1) is 17.8 Å². The Morgan fingerprint density at radius 2 is 2.10 bits per heavy atom. The Morgan fingerprint density at radius 3 is 2.73 bits per heavy atom. The van der Waals surface area contributed by atoms with Crippen molar-refractivity contribution < 1.29 is 23.4 Å². The summed E-state index contributed by atoms with van der Waals surface area (Å²) in [5.74, 6) is 6.04. The fraction of sp³-hybridized carbons (Fsp3) is 0.370. The van der Waals surface area contributed by atoms with Gasteiger partial charge in [0.15, 0.2) is 0 Å². The van der Waals surface area contributed by atoms with E-state index < -0.39 is 34.8 Å². The molecule has 4 rings (SSSR count). The van der Waals surface area contributed by atoms with Gasteiger partial charge in [0.2, 0.25) is 0 Å². The first-order valence-corrected chi connectivity index (χ1v) is 13.4. The van der Waals surface area contributed by atoms with Crippen LogP contribution < -0.4 is 22.3 Å². The van der Waals surface area contributed by atoms with Gasteiger partial charge in [-0.1, -0.05) is 23.6 Å². The molecule has 3 atom stereocenters. The molecule has 2 aromatic rings. The van der Waals surface area contributed by atoms with Gasteiger partial charge in [-0.25, -0.2) is 13.8 Å². The number of ether oxygens (including phenoxy) is 1. The summed E-state index contributed by atoms with van der Waals surface area (Å²) in [6.45, 7) is -0.320. The van der Waals surface area contributed by atoms with E-state index in [0.717, 1.165) is 24.6 Å². The molecule has 6 N–H and O–H groups in total. The van der Waals surface area contributed by atoms with Gasteiger partial charge in [-0.2, -0.15) is 0 Å². The number of rotatable bonds is 9. The highest BCUT2D eigenvalue weighted by molar-refractivity contribution is 8.00. The van der Waals surface area contributed by atoms with Gasteiger partial charge in [-0.05, 0) is 36.6 Å². The molecule has 0 spiro atoms. The Kier molecular flexibility index (Phi) is 9.26. The molecule has 212 valence electrons. The maximum Gasteiger partial charge on any atom is 0.262 e. The SMILES string of the molecule is COC1=CN(C)C(C(F)F)C=C1c1cc(-n2ccc(CO)cc2=O)ncc1C(=O)NC(N)SC(N)C#CC1CC1. The molecule has 10 nitrogen and oxygen atoms in total. The molecular formula is C27H30F2N6O4S. The number of aromatic nitrogens is 2. The van der Waals surface area contributed by atoms with Crippen LogP contribution in [-0.2, 0) is 11.3 Å². The number of carbonyl (C=O) groups excluding carboxylic acids is 1. The number of methoxy groups -OCH3 is 1. The standard InChI is InChI=1S/C27H30F2N6O4S/c1-34-13-21(39-2)18(10-20(34)25(28)29)17-11-23(35-8-7-16(14-36)9-24(35)37)32-12-19(17)26(38)33-27(31)40-22(30)6-5-15-3-4-15/h7-13,15,20,22,25,27,36H,3-4,14,30-31H2,1-2H3,(H,33,38). The van der Waals surface area contributed by atoms with E-state index in [1.807, 2.05) is 0 Å². The lowest BCUT2D eigenvalue weighted by Gasteiger charge is -2.30. The van der Waals surface area contributed by atoms with Gasteiger partial charge in [-0.15, -0.1) is 0 Å². The predicted molar refractivity (Wildman–Crippen MR) is 148 cm³/mol. The second kappa shape index (κ2) is 12.6. The Labute approximate surface area is 234 Å². The van der Waals surface area contributed by atoms with Crippen molar-refractivity contribution in [2.75, 3.05) is 14.2 Å². The molecule has 1 saturated carbocycles. The molecule has 13 heteroatoms. The van der Waals surface area contributed by atoms with Crippen LogP contribution in [0.25, 0.3) is 11.4 Å². The maximum atomic E-state index is 13.9. The molecule has 0 radical (unpaired) electrons. The van der Waals surface area contributed by atoms with Gasteiger partial charge in [-0.3, -0.25) is 14.2 Å². The van der Waals surface area contributed by atoms with Crippen LogP contribution in [0.2, 0.25) is 0 Å². The van der Waals surface area contributed by atoms with Crippen LogP contribution in [0.1, 0.15) is 34.3 Å². The number of thioether (sulfide) groups is 1. The average Bonchev–Trinajstić information content (AvgIpc) is 3.75. The zero-order chi connectivity index (χ0) is 29.0. The van der Waals surface area contributed by atoms with Gasteiger partial charge in [0.25, 0.3) is 17.9 Å². The second-order valence-electron chi connectivity index (χ2n) is 9.27. The number of alkyl halides is 2. The molecule has 1 aliphatic heterocycles. The predicted octanol–water partition coefficient (Wildman–Crippen LogP) is 1.58. The zero-order valence-electron chi connectivity index (χ0n) is 21.9. The number of hydrogen-bond acceptors (Lipinski definition) is 9. The van der Waals surface area contributed by atoms with E-state index in [0.29, 0.717) is 11.5 Å². The molecule has 40 heavy (non-hydrogen) atoms. The van der Waals surface area contributed by atoms with Crippen LogP contribution in [0.3, 0.4) is 0 Å². The van der Waals surface area contributed by atoms with E-state index in [-0.39, 0.29) is 34.9 Å². The average molecular weight is 573 g/mol. The summed E-state index contributed by atoms with van der Waals surface area (Å²) in [5, 5.41) is 11.4. The van der Waals surface area contributed by atoms with Gasteiger partial charge in [0.05, 0.1) is 19.3 Å². The topological polar surface area (TPSA) is 149 Å². The van der Waals surface area contributed by atoms with E-state index in [1.165, 1.54) is 66.5 Å². The third-order valence-corrected chi connectivity index (χ3v) is 7.11. The summed E-state index contributed by atoms with van der Waals surface area (Å²) in [7, 11) is 2.87. The number of aliphatic hydroxyl groups is 1. The largest absolute Gasteiger partial charge is 0.495 e. The molecule has 1 aliphatic carbocycles. The van der Waals surface area contributed by atoms with Gasteiger partial charge in [0.1, 0.15) is 28.5 Å². The smallest absolute Gasteiger partial charge is 0.262 e. The number of nitrogens with two attached hydrogens (primary N) is 2. The highest BCUT2D eigenvalue weighted by Crippen LogP contribution is 2.34. The molecule has 3 heterocycles. The van der Waals surface area contributed by atoms with Crippen LogP contribution in [-0.4, -0.2) is 63.0 Å². The minimum Gasteiger partial charge on any atom is -0.495 e. The highest BCUT2D eigenvalue weighted by atomic mass is 32.2. The molecule has 3 unspecified atom stereocenters. The molecule has 1 amide bonds. The summed E-state index contributed by atoms with van der Waals surface area (Å²) in [6.07, 6.45) is 4.74. The van der Waals surface area contributed by atoms with Crippen LogP contribution >= 0.6 is 11.8 Å². The lowest BCUT2D eigenvalue weighted by Crippen LogP contribution is -2.41. The fourth-order valence-corrected chi connectivity index (χ4v) is 4.62. The molecule has 1 fully saturated rings. The molecule has 0 aromatic carbocycles. The van der Waals surface area contributed by atoms with Crippen LogP contribution in [0.5, 0.6) is 0 Å². The first kappa shape index (κ1) is 29.3. The Bertz CT molecular complexity index is 1450. The van der Waals surface area contributed by atoms with Crippen molar-refractivity contribution in [3.63, 3.8) is 0 Å². The Morgan fingerprint density at radius 1 is 1.35 bits per heavy atom. The zero-order valence-corrected chi connectivity index (χ0v) is 22.7. The minimum absolute atomic E-state index is 0.0178. The number of nitrogens with one attached hydrogen (secondary N) is 1.